The molecule has 3 atom stereocenters. The van der Waals surface area contributed by atoms with Crippen molar-refractivity contribution in [2.24, 2.45) is 0 Å². The summed E-state index contributed by atoms with van der Waals surface area (Å²) in [5.41, 5.74) is -0.109. The van der Waals surface area contributed by atoms with Crippen molar-refractivity contribution in [1.29, 1.82) is 0 Å². The Morgan fingerprint density at radius 2 is 1.33 bits per heavy atom. The lowest BCUT2D eigenvalue weighted by atomic mass is 9.88. The van der Waals surface area contributed by atoms with Gasteiger partial charge in [-0.25, -0.2) is 0 Å². The molecule has 1 heterocycles. The van der Waals surface area contributed by atoms with Gasteiger partial charge in [0.05, 0.1) is 12.8 Å². The molecule has 0 aromatic rings. The van der Waals surface area contributed by atoms with Crippen molar-refractivity contribution in [3.05, 3.63) is 0 Å². The fourth-order valence-electron chi connectivity index (χ4n) is 3.24. The SMILES string of the molecule is CC(N(C)C)N1CNCNC1(C(C)N(C)C)C(C)N(C)C. The predicted molar refractivity (Wildman–Crippen MR) is 90.0 cm³/mol. The normalized spacial score (nSPS) is 29.1. The second kappa shape index (κ2) is 7.35. The highest BCUT2D eigenvalue weighted by Crippen LogP contribution is 2.30. The predicted octanol–water partition coefficient (Wildman–Crippen LogP) is -0.0997. The summed E-state index contributed by atoms with van der Waals surface area (Å²) < 4.78 is 0. The van der Waals surface area contributed by atoms with Gasteiger partial charge in [0.2, 0.25) is 0 Å². The molecule has 21 heavy (non-hydrogen) atoms. The van der Waals surface area contributed by atoms with E-state index in [1.165, 1.54) is 0 Å². The Kier molecular flexibility index (Phi) is 6.58. The van der Waals surface area contributed by atoms with Crippen LogP contribution in [0.3, 0.4) is 0 Å². The molecule has 0 aromatic carbocycles. The maximum atomic E-state index is 3.79. The van der Waals surface area contributed by atoms with Gasteiger partial charge in [0.1, 0.15) is 5.66 Å². The van der Waals surface area contributed by atoms with Crippen LogP contribution >= 0.6 is 0 Å². The first-order valence-electron chi connectivity index (χ1n) is 7.88. The molecule has 1 aliphatic rings. The Balaban J connectivity index is 3.28. The number of rotatable bonds is 6. The van der Waals surface area contributed by atoms with E-state index in [2.05, 4.69) is 93.3 Å². The Morgan fingerprint density at radius 1 is 0.857 bits per heavy atom. The molecular weight excluding hydrogens is 264 g/mol. The van der Waals surface area contributed by atoms with Crippen molar-refractivity contribution in [3.63, 3.8) is 0 Å². The highest BCUT2D eigenvalue weighted by molar-refractivity contribution is 5.05. The van der Waals surface area contributed by atoms with Gasteiger partial charge in [-0.1, -0.05) is 0 Å². The number of nitrogens with one attached hydrogen (secondary N) is 2. The van der Waals surface area contributed by atoms with Crippen LogP contribution in [0.2, 0.25) is 0 Å². The summed E-state index contributed by atoms with van der Waals surface area (Å²) in [7, 11) is 12.9. The third-order valence-electron chi connectivity index (χ3n) is 5.28. The minimum atomic E-state index is -0.109. The number of nitrogens with zero attached hydrogens (tertiary/aromatic N) is 4. The lowest BCUT2D eigenvalue weighted by Crippen LogP contribution is -2.81. The molecule has 6 nitrogen and oxygen atoms in total. The maximum absolute atomic E-state index is 3.79. The van der Waals surface area contributed by atoms with Gasteiger partial charge in [0.15, 0.2) is 0 Å². The molecule has 0 aromatic heterocycles. The van der Waals surface area contributed by atoms with E-state index in [1.54, 1.807) is 0 Å². The Hall–Kier alpha value is -0.240. The lowest BCUT2D eigenvalue weighted by Gasteiger charge is -2.59. The molecule has 0 radical (unpaired) electrons. The molecular formula is C15H36N6. The van der Waals surface area contributed by atoms with Crippen molar-refractivity contribution in [1.82, 2.24) is 30.2 Å². The van der Waals surface area contributed by atoms with Gasteiger partial charge in [-0.15, -0.1) is 0 Å². The quantitative estimate of drug-likeness (QED) is 0.714. The fourth-order valence-corrected chi connectivity index (χ4v) is 3.24. The molecule has 1 rings (SSSR count). The van der Waals surface area contributed by atoms with Gasteiger partial charge in [-0.3, -0.25) is 20.4 Å². The highest BCUT2D eigenvalue weighted by atomic mass is 15.5. The van der Waals surface area contributed by atoms with Crippen LogP contribution in [0.4, 0.5) is 0 Å². The minimum absolute atomic E-state index is 0.109. The van der Waals surface area contributed by atoms with Gasteiger partial charge in [0.25, 0.3) is 0 Å². The minimum Gasteiger partial charge on any atom is -0.303 e. The summed E-state index contributed by atoms with van der Waals surface area (Å²) in [6, 6.07) is 0.749. The average Bonchev–Trinajstić information content (AvgIpc) is 2.44. The zero-order valence-electron chi connectivity index (χ0n) is 15.4. The summed E-state index contributed by atoms with van der Waals surface area (Å²) >= 11 is 0. The van der Waals surface area contributed by atoms with E-state index < -0.39 is 0 Å². The summed E-state index contributed by atoms with van der Waals surface area (Å²) in [6.45, 7) is 8.63. The first-order valence-corrected chi connectivity index (χ1v) is 7.88. The molecule has 1 aliphatic heterocycles. The summed E-state index contributed by atoms with van der Waals surface area (Å²) in [5, 5.41) is 7.25. The molecule has 0 bridgehead atoms. The molecule has 3 unspecified atom stereocenters. The van der Waals surface area contributed by atoms with E-state index in [9.17, 15) is 0 Å². The first-order chi connectivity index (χ1) is 9.66. The highest BCUT2D eigenvalue weighted by Gasteiger charge is 2.51. The van der Waals surface area contributed by atoms with Crippen LogP contribution < -0.4 is 10.6 Å². The molecule has 0 spiro atoms. The molecule has 0 saturated carbocycles. The average molecular weight is 300 g/mol. The Labute approximate surface area is 131 Å². The smallest absolute Gasteiger partial charge is 0.106 e. The van der Waals surface area contributed by atoms with E-state index >= 15 is 0 Å². The van der Waals surface area contributed by atoms with E-state index in [0.29, 0.717) is 18.2 Å². The van der Waals surface area contributed by atoms with Crippen LogP contribution in [0.25, 0.3) is 0 Å². The largest absolute Gasteiger partial charge is 0.303 e. The van der Waals surface area contributed by atoms with Crippen LogP contribution in [0.1, 0.15) is 20.8 Å². The topological polar surface area (TPSA) is 37.0 Å². The molecule has 2 N–H and O–H groups in total. The molecule has 0 amide bonds. The molecule has 1 fully saturated rings. The maximum Gasteiger partial charge on any atom is 0.106 e. The summed E-state index contributed by atoms with van der Waals surface area (Å²) in [4.78, 5) is 9.45. The van der Waals surface area contributed by atoms with Crippen molar-refractivity contribution in [2.75, 3.05) is 55.6 Å². The van der Waals surface area contributed by atoms with Gasteiger partial charge < -0.3 is 9.80 Å². The summed E-state index contributed by atoms with van der Waals surface area (Å²) in [5.74, 6) is 0. The van der Waals surface area contributed by atoms with Crippen LogP contribution in [0.15, 0.2) is 0 Å². The Morgan fingerprint density at radius 3 is 1.71 bits per heavy atom. The molecule has 126 valence electrons. The lowest BCUT2D eigenvalue weighted by molar-refractivity contribution is -0.125. The summed E-state index contributed by atoms with van der Waals surface area (Å²) in [6.07, 6.45) is 0.343. The van der Waals surface area contributed by atoms with Crippen molar-refractivity contribution in [3.8, 4) is 0 Å². The van der Waals surface area contributed by atoms with Gasteiger partial charge >= 0.3 is 0 Å². The second-order valence-corrected chi connectivity index (χ2v) is 6.93. The number of hydrogen-bond acceptors (Lipinski definition) is 6. The molecule has 6 heteroatoms. The molecule has 1 saturated heterocycles. The first kappa shape index (κ1) is 18.8. The van der Waals surface area contributed by atoms with E-state index in [0.717, 1.165) is 13.3 Å². The van der Waals surface area contributed by atoms with E-state index in [1.807, 2.05) is 0 Å². The zero-order valence-corrected chi connectivity index (χ0v) is 15.4. The third-order valence-corrected chi connectivity index (χ3v) is 5.28. The Bertz CT molecular complexity index is 303. The van der Waals surface area contributed by atoms with Crippen LogP contribution in [-0.4, -0.2) is 99.1 Å². The fraction of sp³-hybridized carbons (Fsp3) is 1.00. The number of likely N-dealkylation sites (N-methyl/N-ethyl adjacent to an activating group) is 2. The van der Waals surface area contributed by atoms with Crippen molar-refractivity contribution < 1.29 is 0 Å². The second-order valence-electron chi connectivity index (χ2n) is 6.93. The molecule has 0 aliphatic carbocycles. The van der Waals surface area contributed by atoms with E-state index in [-0.39, 0.29) is 5.66 Å². The van der Waals surface area contributed by atoms with E-state index in [4.69, 9.17) is 0 Å². The monoisotopic (exact) mass is 300 g/mol. The standard InChI is InChI=1S/C15H36N6/c1-12(18(4)5)15(13(2)19(6)7)17-10-16-11-21(15)14(3)20(8)9/h12-14,16-17H,10-11H2,1-9H3. The van der Waals surface area contributed by atoms with Crippen molar-refractivity contribution in [2.45, 2.75) is 44.7 Å². The number of hydrogen-bond donors (Lipinski definition) is 2. The van der Waals surface area contributed by atoms with Gasteiger partial charge in [-0.2, -0.15) is 0 Å². The van der Waals surface area contributed by atoms with Crippen LogP contribution in [-0.2, 0) is 0 Å². The third kappa shape index (κ3) is 3.57. The van der Waals surface area contributed by atoms with Gasteiger partial charge in [0, 0.05) is 18.8 Å². The zero-order chi connectivity index (χ0) is 16.4. The van der Waals surface area contributed by atoms with Gasteiger partial charge in [-0.05, 0) is 63.1 Å². The van der Waals surface area contributed by atoms with Crippen LogP contribution in [0, 0.1) is 0 Å². The van der Waals surface area contributed by atoms with Crippen LogP contribution in [0.5, 0.6) is 0 Å². The van der Waals surface area contributed by atoms with Crippen molar-refractivity contribution >= 4 is 0 Å².